The Morgan fingerprint density at radius 3 is 2.32 bits per heavy atom. The van der Waals surface area contributed by atoms with Gasteiger partial charge in [-0.25, -0.2) is 0 Å². The van der Waals surface area contributed by atoms with E-state index in [9.17, 15) is 14.4 Å². The quantitative estimate of drug-likeness (QED) is 0.493. The van der Waals surface area contributed by atoms with Crippen LogP contribution in [0.1, 0.15) is 39.6 Å². The van der Waals surface area contributed by atoms with Crippen LogP contribution < -0.4 is 10.2 Å². The first-order valence-corrected chi connectivity index (χ1v) is 12.1. The molecule has 0 saturated carbocycles. The van der Waals surface area contributed by atoms with E-state index in [1.807, 2.05) is 81.6 Å². The van der Waals surface area contributed by atoms with Crippen LogP contribution in [0.3, 0.4) is 0 Å². The largest absolute Gasteiger partial charge is 0.455 e. The maximum atomic E-state index is 13.1. The number of hydrogen-bond donors (Lipinski definition) is 1. The highest BCUT2D eigenvalue weighted by Gasteiger charge is 2.46. The van der Waals surface area contributed by atoms with Crippen molar-refractivity contribution in [3.8, 4) is 0 Å². The molecule has 176 valence electrons. The number of esters is 1. The number of hydrogen-bond acceptors (Lipinski definition) is 5. The van der Waals surface area contributed by atoms with Gasteiger partial charge in [0.2, 0.25) is 5.91 Å². The Morgan fingerprint density at radius 1 is 1.03 bits per heavy atom. The lowest BCUT2D eigenvalue weighted by molar-refractivity contribution is -0.152. The van der Waals surface area contributed by atoms with Gasteiger partial charge < -0.3 is 15.0 Å². The van der Waals surface area contributed by atoms with Gasteiger partial charge in [-0.15, -0.1) is 11.3 Å². The third-order valence-corrected chi connectivity index (χ3v) is 7.00. The smallest absolute Gasteiger partial charge is 0.312 e. The molecule has 4 rings (SSSR count). The molecular weight excluding hydrogens is 448 g/mol. The normalized spacial score (nSPS) is 17.6. The molecule has 1 aliphatic rings. The fourth-order valence-corrected chi connectivity index (χ4v) is 5.42. The molecule has 3 aromatic rings. The van der Waals surface area contributed by atoms with Gasteiger partial charge in [0.1, 0.15) is 0 Å². The number of nitrogens with zero attached hydrogens (tertiary/aromatic N) is 1. The average molecular weight is 477 g/mol. The van der Waals surface area contributed by atoms with Crippen molar-refractivity contribution in [2.24, 2.45) is 5.92 Å². The van der Waals surface area contributed by atoms with E-state index in [0.29, 0.717) is 0 Å². The number of anilines is 2. The number of rotatable bonds is 6. The van der Waals surface area contributed by atoms with Gasteiger partial charge in [-0.3, -0.25) is 14.4 Å². The van der Waals surface area contributed by atoms with E-state index in [1.165, 1.54) is 11.3 Å². The van der Waals surface area contributed by atoms with Crippen LogP contribution >= 0.6 is 11.3 Å². The fraction of sp³-hybridized carbons (Fsp3) is 0.296. The Labute approximate surface area is 203 Å². The second kappa shape index (κ2) is 9.81. The van der Waals surface area contributed by atoms with E-state index in [4.69, 9.17) is 4.74 Å². The summed E-state index contributed by atoms with van der Waals surface area (Å²) in [5.41, 5.74) is 5.57. The zero-order valence-corrected chi connectivity index (χ0v) is 20.6. The Hall–Kier alpha value is -3.45. The van der Waals surface area contributed by atoms with Crippen molar-refractivity contribution in [2.75, 3.05) is 16.8 Å². The maximum Gasteiger partial charge on any atom is 0.312 e. The maximum absolute atomic E-state index is 13.1. The van der Waals surface area contributed by atoms with Crippen LogP contribution in [0.15, 0.2) is 53.9 Å². The summed E-state index contributed by atoms with van der Waals surface area (Å²) in [6.45, 7) is 7.43. The summed E-state index contributed by atoms with van der Waals surface area (Å²) in [5.74, 6) is -1.78. The van der Waals surface area contributed by atoms with Crippen LogP contribution in [0.2, 0.25) is 0 Å². The lowest BCUT2D eigenvalue weighted by Gasteiger charge is -2.27. The number of ether oxygens (including phenoxy) is 1. The van der Waals surface area contributed by atoms with Crippen LogP contribution in [0, 0.1) is 33.6 Å². The standard InChI is InChI=1S/C27H28N2O4S/c1-16-7-9-20(10-8-16)29-24(31)14-21(26(29)22-6-5-11-34-22)27(32)33-15-23(30)28-25-18(3)12-17(2)13-19(25)4/h5-13,21,26H,14-15H2,1-4H3,(H,28,30). The third-order valence-electron chi connectivity index (χ3n) is 6.06. The first-order valence-electron chi connectivity index (χ1n) is 11.2. The molecule has 1 fully saturated rings. The van der Waals surface area contributed by atoms with Crippen molar-refractivity contribution in [1.82, 2.24) is 0 Å². The number of carbonyl (C=O) groups is 3. The Morgan fingerprint density at radius 2 is 1.71 bits per heavy atom. The molecular formula is C27H28N2O4S. The molecule has 1 aromatic heterocycles. The summed E-state index contributed by atoms with van der Waals surface area (Å²) < 4.78 is 5.42. The number of aryl methyl sites for hydroxylation is 4. The van der Waals surface area contributed by atoms with Crippen LogP contribution in [0.5, 0.6) is 0 Å². The highest BCUT2D eigenvalue weighted by atomic mass is 32.1. The molecule has 0 spiro atoms. The molecule has 7 heteroatoms. The Kier molecular flexibility index (Phi) is 6.84. The number of nitrogens with one attached hydrogen (secondary N) is 1. The van der Waals surface area contributed by atoms with Crippen LogP contribution in [-0.4, -0.2) is 24.4 Å². The zero-order chi connectivity index (χ0) is 24.4. The fourth-order valence-electron chi connectivity index (χ4n) is 4.54. The molecule has 0 bridgehead atoms. The monoisotopic (exact) mass is 476 g/mol. The number of thiophene rings is 1. The molecule has 1 aliphatic heterocycles. The zero-order valence-electron chi connectivity index (χ0n) is 19.8. The molecule has 1 saturated heterocycles. The molecule has 34 heavy (non-hydrogen) atoms. The summed E-state index contributed by atoms with van der Waals surface area (Å²) in [4.78, 5) is 41.2. The topological polar surface area (TPSA) is 75.7 Å². The van der Waals surface area contributed by atoms with E-state index >= 15 is 0 Å². The van der Waals surface area contributed by atoms with Crippen LogP contribution in [0.4, 0.5) is 11.4 Å². The summed E-state index contributed by atoms with van der Waals surface area (Å²) in [6, 6.07) is 15.0. The predicted molar refractivity (Wildman–Crippen MR) is 134 cm³/mol. The lowest BCUT2D eigenvalue weighted by atomic mass is 9.99. The second-order valence-electron chi connectivity index (χ2n) is 8.80. The number of carbonyl (C=O) groups excluding carboxylic acids is 3. The average Bonchev–Trinajstić information content (AvgIpc) is 3.43. The highest BCUT2D eigenvalue weighted by molar-refractivity contribution is 7.10. The minimum absolute atomic E-state index is 0.0348. The van der Waals surface area contributed by atoms with Gasteiger partial charge in [-0.05, 0) is 62.4 Å². The minimum Gasteiger partial charge on any atom is -0.455 e. The van der Waals surface area contributed by atoms with Crippen molar-refractivity contribution in [3.63, 3.8) is 0 Å². The van der Waals surface area contributed by atoms with Crippen molar-refractivity contribution in [1.29, 1.82) is 0 Å². The molecule has 1 N–H and O–H groups in total. The first kappa shape index (κ1) is 23.7. The van der Waals surface area contributed by atoms with Crippen molar-refractivity contribution < 1.29 is 19.1 Å². The molecule has 2 aromatic carbocycles. The molecule has 2 unspecified atom stereocenters. The van der Waals surface area contributed by atoms with Gasteiger partial charge in [-0.1, -0.05) is 41.5 Å². The molecule has 0 radical (unpaired) electrons. The van der Waals surface area contributed by atoms with Crippen molar-refractivity contribution in [3.05, 3.63) is 81.0 Å². The first-order chi connectivity index (χ1) is 16.2. The van der Waals surface area contributed by atoms with E-state index < -0.39 is 30.4 Å². The molecule has 6 nitrogen and oxygen atoms in total. The van der Waals surface area contributed by atoms with Gasteiger partial charge in [0.15, 0.2) is 6.61 Å². The summed E-state index contributed by atoms with van der Waals surface area (Å²) in [7, 11) is 0. The van der Waals surface area contributed by atoms with E-state index in [2.05, 4.69) is 5.32 Å². The molecule has 2 heterocycles. The van der Waals surface area contributed by atoms with Gasteiger partial charge in [0.25, 0.3) is 5.91 Å². The van der Waals surface area contributed by atoms with Crippen molar-refractivity contribution in [2.45, 2.75) is 40.2 Å². The molecule has 2 atom stereocenters. The third kappa shape index (κ3) is 4.89. The number of benzene rings is 2. The predicted octanol–water partition coefficient (Wildman–Crippen LogP) is 5.26. The SMILES string of the molecule is Cc1ccc(N2C(=O)CC(C(=O)OCC(=O)Nc3c(C)cc(C)cc3C)C2c2cccs2)cc1. The van der Waals surface area contributed by atoms with Crippen molar-refractivity contribution >= 4 is 40.5 Å². The van der Waals surface area contributed by atoms with E-state index in [-0.39, 0.29) is 12.3 Å². The summed E-state index contributed by atoms with van der Waals surface area (Å²) >= 11 is 1.49. The lowest BCUT2D eigenvalue weighted by Crippen LogP contribution is -2.31. The number of amides is 2. The Balaban J connectivity index is 1.49. The molecule has 0 aliphatic carbocycles. The van der Waals surface area contributed by atoms with Gasteiger partial charge >= 0.3 is 5.97 Å². The van der Waals surface area contributed by atoms with Gasteiger partial charge in [0.05, 0.1) is 12.0 Å². The van der Waals surface area contributed by atoms with E-state index in [0.717, 1.165) is 38.5 Å². The highest BCUT2D eigenvalue weighted by Crippen LogP contribution is 2.43. The van der Waals surface area contributed by atoms with E-state index in [1.54, 1.807) is 4.90 Å². The summed E-state index contributed by atoms with van der Waals surface area (Å²) in [5, 5.41) is 4.77. The second-order valence-corrected chi connectivity index (χ2v) is 9.78. The summed E-state index contributed by atoms with van der Waals surface area (Å²) in [6.07, 6.45) is 0.0348. The van der Waals surface area contributed by atoms with Crippen LogP contribution in [0.25, 0.3) is 0 Å². The molecule has 2 amide bonds. The minimum atomic E-state index is -0.692. The van der Waals surface area contributed by atoms with Gasteiger partial charge in [-0.2, -0.15) is 0 Å². The van der Waals surface area contributed by atoms with Gasteiger partial charge in [0, 0.05) is 22.7 Å². The van der Waals surface area contributed by atoms with Crippen LogP contribution in [-0.2, 0) is 19.1 Å². The Bertz CT molecular complexity index is 1190.